The van der Waals surface area contributed by atoms with Crippen LogP contribution in [0.15, 0.2) is 77.7 Å². The SMILES string of the molecule is O=C(Cc1ccc(S(=O)(=O)NCCc2ccccc2)cc1)Nc1ccc2c(c1)OCCO2. The van der Waals surface area contributed by atoms with Gasteiger partial charge in [0.05, 0.1) is 11.3 Å². The van der Waals surface area contributed by atoms with Crippen molar-refractivity contribution in [2.24, 2.45) is 0 Å². The standard InChI is InChI=1S/C24H24N2O5S/c27-24(26-20-8-11-22-23(17-20)31-15-14-30-22)16-19-6-9-21(10-7-19)32(28,29)25-13-12-18-4-2-1-3-5-18/h1-11,17,25H,12-16H2,(H,26,27). The van der Waals surface area contributed by atoms with Crippen molar-refractivity contribution in [3.8, 4) is 11.5 Å². The van der Waals surface area contributed by atoms with E-state index in [1.165, 1.54) is 12.1 Å². The summed E-state index contributed by atoms with van der Waals surface area (Å²) in [5.74, 6) is 1.05. The Morgan fingerprint density at radius 1 is 0.844 bits per heavy atom. The van der Waals surface area contributed by atoms with Crippen molar-refractivity contribution in [1.29, 1.82) is 0 Å². The monoisotopic (exact) mass is 452 g/mol. The van der Waals surface area contributed by atoms with Gasteiger partial charge in [-0.25, -0.2) is 13.1 Å². The van der Waals surface area contributed by atoms with Crippen molar-refractivity contribution >= 4 is 21.6 Å². The first-order valence-corrected chi connectivity index (χ1v) is 11.8. The molecule has 0 fully saturated rings. The third-order valence-electron chi connectivity index (χ3n) is 4.97. The van der Waals surface area contributed by atoms with Crippen molar-refractivity contribution in [2.45, 2.75) is 17.7 Å². The summed E-state index contributed by atoms with van der Waals surface area (Å²) < 4.78 is 38.6. The molecule has 1 aliphatic rings. The molecule has 1 amide bonds. The predicted molar refractivity (Wildman–Crippen MR) is 122 cm³/mol. The van der Waals surface area contributed by atoms with Gasteiger partial charge < -0.3 is 14.8 Å². The van der Waals surface area contributed by atoms with Gasteiger partial charge in [0.15, 0.2) is 11.5 Å². The van der Waals surface area contributed by atoms with Crippen LogP contribution in [0.5, 0.6) is 11.5 Å². The second kappa shape index (κ2) is 9.84. The second-order valence-electron chi connectivity index (χ2n) is 7.36. The molecule has 0 saturated carbocycles. The number of hydrogen-bond donors (Lipinski definition) is 2. The van der Waals surface area contributed by atoms with E-state index < -0.39 is 10.0 Å². The Morgan fingerprint density at radius 3 is 2.31 bits per heavy atom. The minimum atomic E-state index is -3.61. The fraction of sp³-hybridized carbons (Fsp3) is 0.208. The normalized spacial score (nSPS) is 12.9. The number of benzene rings is 3. The Morgan fingerprint density at radius 2 is 1.56 bits per heavy atom. The molecule has 0 unspecified atom stereocenters. The zero-order valence-corrected chi connectivity index (χ0v) is 18.2. The Labute approximate surface area is 187 Å². The van der Waals surface area contributed by atoms with Gasteiger partial charge in [-0.05, 0) is 41.8 Å². The van der Waals surface area contributed by atoms with Gasteiger partial charge in [-0.3, -0.25) is 4.79 Å². The molecular weight excluding hydrogens is 428 g/mol. The van der Waals surface area contributed by atoms with Gasteiger partial charge in [0.25, 0.3) is 0 Å². The van der Waals surface area contributed by atoms with Crippen LogP contribution >= 0.6 is 0 Å². The average Bonchev–Trinajstić information content (AvgIpc) is 2.80. The Bertz CT molecular complexity index is 1180. The topological polar surface area (TPSA) is 93.7 Å². The highest BCUT2D eigenvalue weighted by Crippen LogP contribution is 2.32. The molecule has 7 nitrogen and oxygen atoms in total. The smallest absolute Gasteiger partial charge is 0.240 e. The lowest BCUT2D eigenvalue weighted by Gasteiger charge is -2.19. The van der Waals surface area contributed by atoms with E-state index in [9.17, 15) is 13.2 Å². The highest BCUT2D eigenvalue weighted by Gasteiger charge is 2.15. The largest absolute Gasteiger partial charge is 0.486 e. The van der Waals surface area contributed by atoms with Crippen molar-refractivity contribution in [2.75, 3.05) is 25.1 Å². The maximum atomic E-state index is 12.5. The zero-order chi connectivity index (χ0) is 22.4. The number of anilines is 1. The van der Waals surface area contributed by atoms with Crippen LogP contribution < -0.4 is 19.5 Å². The first-order valence-electron chi connectivity index (χ1n) is 10.3. The highest BCUT2D eigenvalue weighted by atomic mass is 32.2. The summed E-state index contributed by atoms with van der Waals surface area (Å²) in [6.45, 7) is 1.29. The summed E-state index contributed by atoms with van der Waals surface area (Å²) in [4.78, 5) is 12.6. The van der Waals surface area contributed by atoms with Crippen LogP contribution in [0.3, 0.4) is 0 Å². The van der Waals surface area contributed by atoms with Crippen LogP contribution in [-0.2, 0) is 27.7 Å². The van der Waals surface area contributed by atoms with E-state index >= 15 is 0 Å². The molecule has 3 aromatic carbocycles. The summed E-state index contributed by atoms with van der Waals surface area (Å²) in [6, 6.07) is 21.2. The second-order valence-corrected chi connectivity index (χ2v) is 9.13. The Hall–Kier alpha value is -3.36. The van der Waals surface area contributed by atoms with E-state index in [-0.39, 0.29) is 17.2 Å². The van der Waals surface area contributed by atoms with Crippen LogP contribution in [0.1, 0.15) is 11.1 Å². The number of sulfonamides is 1. The molecule has 166 valence electrons. The van der Waals surface area contributed by atoms with E-state index in [0.29, 0.717) is 48.9 Å². The minimum absolute atomic E-state index is 0.121. The lowest BCUT2D eigenvalue weighted by Crippen LogP contribution is -2.26. The number of rotatable bonds is 8. The molecule has 8 heteroatoms. The number of carbonyl (C=O) groups is 1. The van der Waals surface area contributed by atoms with Gasteiger partial charge in [0.1, 0.15) is 13.2 Å². The Kier molecular flexibility index (Phi) is 6.72. The average molecular weight is 453 g/mol. The third kappa shape index (κ3) is 5.66. The summed E-state index contributed by atoms with van der Waals surface area (Å²) in [7, 11) is -3.61. The molecule has 0 saturated heterocycles. The summed E-state index contributed by atoms with van der Waals surface area (Å²) in [5, 5.41) is 2.82. The van der Waals surface area contributed by atoms with E-state index in [1.807, 2.05) is 30.3 Å². The lowest BCUT2D eigenvalue weighted by molar-refractivity contribution is -0.115. The number of carbonyl (C=O) groups excluding carboxylic acids is 1. The molecule has 0 atom stereocenters. The minimum Gasteiger partial charge on any atom is -0.486 e. The first-order chi connectivity index (χ1) is 15.5. The van der Waals surface area contributed by atoms with Crippen molar-refractivity contribution in [3.05, 3.63) is 83.9 Å². The zero-order valence-electron chi connectivity index (χ0n) is 17.4. The van der Waals surface area contributed by atoms with Crippen LogP contribution in [0.2, 0.25) is 0 Å². The number of hydrogen-bond acceptors (Lipinski definition) is 5. The Balaban J connectivity index is 1.31. The fourth-order valence-corrected chi connectivity index (χ4v) is 4.39. The maximum Gasteiger partial charge on any atom is 0.240 e. The molecule has 32 heavy (non-hydrogen) atoms. The molecule has 4 rings (SSSR count). The molecule has 1 aliphatic heterocycles. The predicted octanol–water partition coefficient (Wildman–Crippen LogP) is 3.16. The first kappa shape index (κ1) is 21.9. The van der Waals surface area contributed by atoms with Gasteiger partial charge in [-0.15, -0.1) is 0 Å². The number of ether oxygens (including phenoxy) is 2. The quantitative estimate of drug-likeness (QED) is 0.548. The van der Waals surface area contributed by atoms with Crippen LogP contribution in [-0.4, -0.2) is 34.1 Å². The summed E-state index contributed by atoms with van der Waals surface area (Å²) in [6.07, 6.45) is 0.731. The van der Waals surface area contributed by atoms with Crippen molar-refractivity contribution in [1.82, 2.24) is 4.72 Å². The van der Waals surface area contributed by atoms with Crippen LogP contribution in [0, 0.1) is 0 Å². The maximum absolute atomic E-state index is 12.5. The van der Waals surface area contributed by atoms with E-state index in [2.05, 4.69) is 10.0 Å². The number of amides is 1. The number of fused-ring (bicyclic) bond motifs is 1. The molecule has 3 aromatic rings. The van der Waals surface area contributed by atoms with Gasteiger partial charge in [-0.2, -0.15) is 0 Å². The lowest BCUT2D eigenvalue weighted by atomic mass is 10.1. The van der Waals surface area contributed by atoms with Crippen LogP contribution in [0.25, 0.3) is 0 Å². The van der Waals surface area contributed by atoms with Crippen LogP contribution in [0.4, 0.5) is 5.69 Å². The molecule has 0 spiro atoms. The molecule has 1 heterocycles. The number of nitrogens with one attached hydrogen (secondary N) is 2. The van der Waals surface area contributed by atoms with E-state index in [1.54, 1.807) is 30.3 Å². The summed E-state index contributed by atoms with van der Waals surface area (Å²) >= 11 is 0. The third-order valence-corrected chi connectivity index (χ3v) is 6.45. The molecule has 0 aliphatic carbocycles. The van der Waals surface area contributed by atoms with E-state index in [0.717, 1.165) is 5.56 Å². The van der Waals surface area contributed by atoms with Gasteiger partial charge in [-0.1, -0.05) is 42.5 Å². The molecular formula is C24H24N2O5S. The molecule has 0 bridgehead atoms. The van der Waals surface area contributed by atoms with Crippen molar-refractivity contribution in [3.63, 3.8) is 0 Å². The van der Waals surface area contributed by atoms with Crippen molar-refractivity contribution < 1.29 is 22.7 Å². The van der Waals surface area contributed by atoms with E-state index in [4.69, 9.17) is 9.47 Å². The van der Waals surface area contributed by atoms with Gasteiger partial charge in [0, 0.05) is 18.3 Å². The fourth-order valence-electron chi connectivity index (χ4n) is 3.36. The summed E-state index contributed by atoms with van der Waals surface area (Å²) in [5.41, 5.74) is 2.39. The molecule has 2 N–H and O–H groups in total. The molecule has 0 aromatic heterocycles. The van der Waals surface area contributed by atoms with Gasteiger partial charge in [0.2, 0.25) is 15.9 Å². The van der Waals surface area contributed by atoms with Gasteiger partial charge >= 0.3 is 0 Å². The molecule has 0 radical (unpaired) electrons. The highest BCUT2D eigenvalue weighted by molar-refractivity contribution is 7.89.